The first-order valence-corrected chi connectivity index (χ1v) is 6.78. The fourth-order valence-electron chi connectivity index (χ4n) is 1.83. The van der Waals surface area contributed by atoms with Gasteiger partial charge < -0.3 is 0 Å². The van der Waals surface area contributed by atoms with E-state index >= 15 is 0 Å². The molecule has 0 amide bonds. The molecule has 0 saturated heterocycles. The number of thiazole rings is 1. The van der Waals surface area contributed by atoms with Crippen molar-refractivity contribution in [1.29, 1.82) is 0 Å². The van der Waals surface area contributed by atoms with Gasteiger partial charge in [-0.1, -0.05) is 16.6 Å². The van der Waals surface area contributed by atoms with E-state index in [2.05, 4.69) is 20.3 Å². The highest BCUT2D eigenvalue weighted by Gasteiger charge is 2.18. The standard InChI is InChI=1S/C13H11N5OS/c1-8-9(2)20-13(15-8)18-12(11(7-19)16-17-18)10-4-3-5-14-6-10/h3-7H,1-2H3. The number of carbonyl (C=O) groups excluding carboxylic acids is 1. The van der Waals surface area contributed by atoms with E-state index in [1.807, 2.05) is 19.9 Å². The monoisotopic (exact) mass is 285 g/mol. The molecule has 3 heterocycles. The summed E-state index contributed by atoms with van der Waals surface area (Å²) in [5.74, 6) is 0. The van der Waals surface area contributed by atoms with Crippen molar-refractivity contribution >= 4 is 17.6 Å². The van der Waals surface area contributed by atoms with Crippen LogP contribution in [0.25, 0.3) is 16.4 Å². The van der Waals surface area contributed by atoms with Crippen LogP contribution < -0.4 is 0 Å². The Balaban J connectivity index is 2.22. The number of aryl methyl sites for hydroxylation is 2. The molecule has 0 N–H and O–H groups in total. The normalized spacial score (nSPS) is 10.7. The van der Waals surface area contributed by atoms with Crippen LogP contribution >= 0.6 is 11.3 Å². The average Bonchev–Trinajstić information content (AvgIpc) is 3.04. The number of aromatic nitrogens is 5. The predicted molar refractivity (Wildman–Crippen MR) is 75.1 cm³/mol. The van der Waals surface area contributed by atoms with Crippen molar-refractivity contribution in [2.24, 2.45) is 0 Å². The summed E-state index contributed by atoms with van der Waals surface area (Å²) in [5.41, 5.74) is 2.63. The molecule has 0 radical (unpaired) electrons. The maximum Gasteiger partial charge on any atom is 0.212 e. The van der Waals surface area contributed by atoms with Gasteiger partial charge in [-0.05, 0) is 26.0 Å². The molecule has 0 aliphatic carbocycles. The summed E-state index contributed by atoms with van der Waals surface area (Å²) < 4.78 is 1.59. The highest BCUT2D eigenvalue weighted by atomic mass is 32.1. The number of pyridine rings is 1. The zero-order valence-corrected chi connectivity index (χ0v) is 11.8. The molecule has 0 spiro atoms. The van der Waals surface area contributed by atoms with Gasteiger partial charge in [-0.3, -0.25) is 9.78 Å². The molecule has 0 saturated carbocycles. The topological polar surface area (TPSA) is 73.6 Å². The van der Waals surface area contributed by atoms with Gasteiger partial charge in [0.2, 0.25) is 5.13 Å². The minimum absolute atomic E-state index is 0.281. The second-order valence-corrected chi connectivity index (χ2v) is 5.41. The van der Waals surface area contributed by atoms with E-state index in [1.165, 1.54) is 11.3 Å². The summed E-state index contributed by atoms with van der Waals surface area (Å²) in [4.78, 5) is 20.8. The third kappa shape index (κ3) is 2.01. The number of nitrogens with zero attached hydrogens (tertiary/aromatic N) is 5. The third-order valence-electron chi connectivity index (χ3n) is 2.94. The molecule has 0 unspecified atom stereocenters. The lowest BCUT2D eigenvalue weighted by Crippen LogP contribution is -2.00. The van der Waals surface area contributed by atoms with Gasteiger partial charge in [-0.15, -0.1) is 5.10 Å². The largest absolute Gasteiger partial charge is 0.296 e. The molecule has 3 rings (SSSR count). The number of rotatable bonds is 3. The molecule has 100 valence electrons. The SMILES string of the molecule is Cc1nc(-n2nnc(C=O)c2-c2cccnc2)sc1C. The second kappa shape index (κ2) is 4.93. The molecule has 0 aromatic carbocycles. The van der Waals surface area contributed by atoms with E-state index in [0.717, 1.165) is 16.1 Å². The number of carbonyl (C=O) groups is 1. The lowest BCUT2D eigenvalue weighted by Gasteiger charge is -2.02. The first-order chi connectivity index (χ1) is 9.70. The molecule has 3 aromatic rings. The minimum Gasteiger partial charge on any atom is -0.296 e. The van der Waals surface area contributed by atoms with Crippen LogP contribution in [0.15, 0.2) is 24.5 Å². The summed E-state index contributed by atoms with van der Waals surface area (Å²) in [6, 6.07) is 3.67. The Kier molecular flexibility index (Phi) is 3.11. The van der Waals surface area contributed by atoms with E-state index < -0.39 is 0 Å². The molecule has 3 aromatic heterocycles. The fraction of sp³-hybridized carbons (Fsp3) is 0.154. The van der Waals surface area contributed by atoms with Gasteiger partial charge in [0.25, 0.3) is 0 Å². The Bertz CT molecular complexity index is 743. The van der Waals surface area contributed by atoms with E-state index in [0.29, 0.717) is 17.1 Å². The van der Waals surface area contributed by atoms with Crippen LogP contribution in [0.2, 0.25) is 0 Å². The number of hydrogen-bond acceptors (Lipinski definition) is 6. The first kappa shape index (κ1) is 12.6. The molecular weight excluding hydrogens is 274 g/mol. The van der Waals surface area contributed by atoms with E-state index in [1.54, 1.807) is 23.1 Å². The molecule has 0 aliphatic rings. The van der Waals surface area contributed by atoms with Gasteiger partial charge in [0.1, 0.15) is 5.69 Å². The van der Waals surface area contributed by atoms with Crippen molar-refractivity contribution in [3.63, 3.8) is 0 Å². The van der Waals surface area contributed by atoms with Crippen molar-refractivity contribution < 1.29 is 4.79 Å². The zero-order chi connectivity index (χ0) is 14.1. The van der Waals surface area contributed by atoms with Crippen LogP contribution in [-0.4, -0.2) is 31.2 Å². The number of hydrogen-bond donors (Lipinski definition) is 0. The van der Waals surface area contributed by atoms with Crippen LogP contribution in [0.3, 0.4) is 0 Å². The van der Waals surface area contributed by atoms with Crippen molar-refractivity contribution in [1.82, 2.24) is 25.0 Å². The van der Waals surface area contributed by atoms with Crippen LogP contribution in [-0.2, 0) is 0 Å². The molecule has 7 heteroatoms. The van der Waals surface area contributed by atoms with Crippen molar-refractivity contribution in [2.75, 3.05) is 0 Å². The summed E-state index contributed by atoms with van der Waals surface area (Å²) in [6.45, 7) is 3.94. The smallest absolute Gasteiger partial charge is 0.212 e. The number of aldehydes is 1. The van der Waals surface area contributed by atoms with Gasteiger partial charge >= 0.3 is 0 Å². The van der Waals surface area contributed by atoms with Gasteiger partial charge in [0.15, 0.2) is 12.0 Å². The maximum atomic E-state index is 11.2. The Morgan fingerprint density at radius 1 is 1.35 bits per heavy atom. The average molecular weight is 285 g/mol. The highest BCUT2D eigenvalue weighted by Crippen LogP contribution is 2.27. The zero-order valence-electron chi connectivity index (χ0n) is 10.9. The lowest BCUT2D eigenvalue weighted by molar-refractivity contribution is 0.111. The van der Waals surface area contributed by atoms with Crippen LogP contribution in [0.5, 0.6) is 0 Å². The van der Waals surface area contributed by atoms with Gasteiger partial charge in [0, 0.05) is 22.8 Å². The lowest BCUT2D eigenvalue weighted by atomic mass is 10.2. The summed E-state index contributed by atoms with van der Waals surface area (Å²) in [7, 11) is 0. The van der Waals surface area contributed by atoms with Crippen molar-refractivity contribution in [3.8, 4) is 16.4 Å². The Morgan fingerprint density at radius 2 is 2.20 bits per heavy atom. The Hall–Kier alpha value is -2.41. The predicted octanol–water partition coefficient (Wildman–Crippen LogP) is 2.22. The summed E-state index contributed by atoms with van der Waals surface area (Å²) in [6.07, 6.45) is 4.05. The van der Waals surface area contributed by atoms with Crippen LogP contribution in [0.1, 0.15) is 21.1 Å². The van der Waals surface area contributed by atoms with Gasteiger partial charge in [-0.25, -0.2) is 4.98 Å². The Labute approximate surface area is 119 Å². The first-order valence-electron chi connectivity index (χ1n) is 5.96. The molecule has 0 aliphatic heterocycles. The minimum atomic E-state index is 0.281. The Morgan fingerprint density at radius 3 is 2.80 bits per heavy atom. The summed E-state index contributed by atoms with van der Waals surface area (Å²) >= 11 is 1.51. The molecular formula is C13H11N5OS. The fourth-order valence-corrected chi connectivity index (χ4v) is 2.69. The van der Waals surface area contributed by atoms with Crippen molar-refractivity contribution in [2.45, 2.75) is 13.8 Å². The van der Waals surface area contributed by atoms with Crippen LogP contribution in [0, 0.1) is 13.8 Å². The van der Waals surface area contributed by atoms with E-state index in [4.69, 9.17) is 0 Å². The molecule has 0 fully saturated rings. The van der Waals surface area contributed by atoms with Crippen LogP contribution in [0.4, 0.5) is 0 Å². The molecule has 6 nitrogen and oxygen atoms in total. The maximum absolute atomic E-state index is 11.2. The third-order valence-corrected chi connectivity index (χ3v) is 3.99. The van der Waals surface area contributed by atoms with E-state index in [-0.39, 0.29) is 5.69 Å². The summed E-state index contributed by atoms with van der Waals surface area (Å²) in [5, 5.41) is 8.65. The quantitative estimate of drug-likeness (QED) is 0.690. The second-order valence-electron chi connectivity index (χ2n) is 4.23. The molecule has 0 bridgehead atoms. The molecule has 20 heavy (non-hydrogen) atoms. The van der Waals surface area contributed by atoms with Gasteiger partial charge in [0.05, 0.1) is 5.69 Å². The van der Waals surface area contributed by atoms with E-state index in [9.17, 15) is 4.79 Å². The molecule has 0 atom stereocenters. The van der Waals surface area contributed by atoms with Gasteiger partial charge in [-0.2, -0.15) is 4.68 Å². The van der Waals surface area contributed by atoms with Crippen molar-refractivity contribution in [3.05, 3.63) is 40.8 Å². The highest BCUT2D eigenvalue weighted by molar-refractivity contribution is 7.14.